The minimum absolute atomic E-state index is 0.0295. The van der Waals surface area contributed by atoms with Crippen molar-refractivity contribution in [2.75, 3.05) is 26.8 Å². The topological polar surface area (TPSA) is 124 Å². The van der Waals surface area contributed by atoms with Crippen LogP contribution in [0.1, 0.15) is 5.82 Å². The first-order chi connectivity index (χ1) is 11.4. The fourth-order valence-electron chi connectivity index (χ4n) is 2.55. The Morgan fingerprint density at radius 1 is 1.29 bits per heavy atom. The fraction of sp³-hybridized carbons (Fsp3) is 0.643. The van der Waals surface area contributed by atoms with E-state index in [2.05, 4.69) is 10.3 Å². The van der Waals surface area contributed by atoms with E-state index in [1.54, 1.807) is 4.57 Å². The summed E-state index contributed by atoms with van der Waals surface area (Å²) in [6.07, 6.45) is -0.800. The van der Waals surface area contributed by atoms with E-state index in [-0.39, 0.29) is 37.5 Å². The number of nitrogens with zero attached hydrogens (tertiary/aromatic N) is 4. The molecule has 0 radical (unpaired) electrons. The highest BCUT2D eigenvalue weighted by Gasteiger charge is 2.20. The number of aliphatic hydroxyl groups excluding tert-OH is 2. The van der Waals surface area contributed by atoms with Crippen LogP contribution in [0.2, 0.25) is 0 Å². The Kier molecular flexibility index (Phi) is 5.89. The molecule has 0 saturated carbocycles. The molecule has 2 aromatic heterocycles. The van der Waals surface area contributed by atoms with Gasteiger partial charge in [-0.15, -0.1) is 0 Å². The number of aromatic nitrogens is 4. The molecule has 0 saturated heterocycles. The summed E-state index contributed by atoms with van der Waals surface area (Å²) in [4.78, 5) is 28.9. The Morgan fingerprint density at radius 3 is 2.62 bits per heavy atom. The van der Waals surface area contributed by atoms with E-state index in [9.17, 15) is 14.7 Å². The van der Waals surface area contributed by atoms with E-state index in [4.69, 9.17) is 9.84 Å². The number of methoxy groups -OCH3 is 1. The number of aryl methyl sites for hydroxylation is 1. The minimum Gasteiger partial charge on any atom is -0.395 e. The van der Waals surface area contributed by atoms with Crippen molar-refractivity contribution < 1.29 is 14.9 Å². The van der Waals surface area contributed by atoms with Gasteiger partial charge >= 0.3 is 5.69 Å². The second-order valence-electron chi connectivity index (χ2n) is 5.53. The molecule has 0 unspecified atom stereocenters. The van der Waals surface area contributed by atoms with Gasteiger partial charge in [0, 0.05) is 34.3 Å². The van der Waals surface area contributed by atoms with Gasteiger partial charge in [-0.05, 0) is 0 Å². The van der Waals surface area contributed by atoms with Crippen molar-refractivity contribution in [1.29, 1.82) is 0 Å². The lowest BCUT2D eigenvalue weighted by molar-refractivity contribution is 0.140. The second-order valence-corrected chi connectivity index (χ2v) is 5.53. The smallest absolute Gasteiger partial charge is 0.332 e. The van der Waals surface area contributed by atoms with E-state index in [1.807, 2.05) is 0 Å². The van der Waals surface area contributed by atoms with Gasteiger partial charge < -0.3 is 24.8 Å². The molecular weight excluding hydrogens is 318 g/mol. The van der Waals surface area contributed by atoms with Crippen LogP contribution in [0, 0.1) is 0 Å². The monoisotopic (exact) mass is 341 g/mol. The van der Waals surface area contributed by atoms with Crippen molar-refractivity contribution in [1.82, 2.24) is 24.0 Å². The van der Waals surface area contributed by atoms with Crippen LogP contribution in [0.3, 0.4) is 0 Å². The van der Waals surface area contributed by atoms with Gasteiger partial charge in [0.15, 0.2) is 11.2 Å². The highest BCUT2D eigenvalue weighted by molar-refractivity contribution is 5.71. The van der Waals surface area contributed by atoms with E-state index in [0.717, 1.165) is 4.57 Å². The Balaban J connectivity index is 2.52. The number of aliphatic hydroxyl groups is 2. The van der Waals surface area contributed by atoms with E-state index in [0.29, 0.717) is 12.4 Å². The van der Waals surface area contributed by atoms with E-state index in [1.165, 1.54) is 25.8 Å². The third-order valence-electron chi connectivity index (χ3n) is 3.76. The maximum absolute atomic E-state index is 12.5. The molecule has 0 aromatic carbocycles. The number of imidazole rings is 1. The Labute approximate surface area is 137 Å². The largest absolute Gasteiger partial charge is 0.395 e. The van der Waals surface area contributed by atoms with Crippen LogP contribution in [0.4, 0.5) is 0 Å². The lowest BCUT2D eigenvalue weighted by Gasteiger charge is -2.15. The molecule has 0 amide bonds. The summed E-state index contributed by atoms with van der Waals surface area (Å²) >= 11 is 0. The number of fused-ring (bicyclic) bond motifs is 1. The first kappa shape index (κ1) is 18.3. The molecule has 134 valence electrons. The summed E-state index contributed by atoms with van der Waals surface area (Å²) in [6.45, 7) is 0.837. The number of hydrogen-bond donors (Lipinski definition) is 3. The molecule has 24 heavy (non-hydrogen) atoms. The normalized spacial score (nSPS) is 12.9. The number of rotatable bonds is 8. The molecule has 0 aliphatic rings. The van der Waals surface area contributed by atoms with Crippen LogP contribution in [-0.2, 0) is 32.0 Å². The summed E-state index contributed by atoms with van der Waals surface area (Å²) < 4.78 is 8.99. The standard InChI is InChI=1S/C14H23N5O5/c1-17-12-11(13(22)18(2)14(17)23)19(10(16-12)8-24-3)7-9(21)6-15-4-5-20/h9,15,20-21H,4-8H2,1-3H3/t9-/m0/s1. The fourth-order valence-corrected chi connectivity index (χ4v) is 2.55. The lowest BCUT2D eigenvalue weighted by atomic mass is 10.3. The predicted octanol–water partition coefficient (Wildman–Crippen LogP) is -2.48. The van der Waals surface area contributed by atoms with Crippen molar-refractivity contribution >= 4 is 11.2 Å². The average molecular weight is 341 g/mol. The van der Waals surface area contributed by atoms with Gasteiger partial charge in [-0.25, -0.2) is 9.78 Å². The van der Waals surface area contributed by atoms with Gasteiger partial charge in [0.2, 0.25) is 0 Å². The first-order valence-corrected chi connectivity index (χ1v) is 7.56. The third kappa shape index (κ3) is 3.41. The van der Waals surface area contributed by atoms with Crippen LogP contribution in [0.15, 0.2) is 9.59 Å². The average Bonchev–Trinajstić information content (AvgIpc) is 2.90. The van der Waals surface area contributed by atoms with Crippen LogP contribution in [0.25, 0.3) is 11.2 Å². The van der Waals surface area contributed by atoms with Crippen LogP contribution < -0.4 is 16.6 Å². The van der Waals surface area contributed by atoms with Gasteiger partial charge in [0.05, 0.1) is 19.3 Å². The van der Waals surface area contributed by atoms with Gasteiger partial charge in [-0.1, -0.05) is 0 Å². The summed E-state index contributed by atoms with van der Waals surface area (Å²) in [7, 11) is 4.44. The molecule has 2 heterocycles. The van der Waals surface area contributed by atoms with Gasteiger partial charge in [0.1, 0.15) is 12.4 Å². The maximum Gasteiger partial charge on any atom is 0.332 e. The lowest BCUT2D eigenvalue weighted by Crippen LogP contribution is -2.38. The van der Waals surface area contributed by atoms with Crippen LogP contribution in [-0.4, -0.2) is 61.8 Å². The molecule has 2 rings (SSSR count). The third-order valence-corrected chi connectivity index (χ3v) is 3.76. The zero-order valence-electron chi connectivity index (χ0n) is 14.0. The van der Waals surface area contributed by atoms with Gasteiger partial charge in [-0.2, -0.15) is 0 Å². The number of ether oxygens (including phenoxy) is 1. The highest BCUT2D eigenvalue weighted by Crippen LogP contribution is 2.12. The minimum atomic E-state index is -0.800. The van der Waals surface area contributed by atoms with Crippen molar-refractivity contribution in [2.24, 2.45) is 14.1 Å². The SMILES string of the molecule is COCc1nc2c(c(=O)n(C)c(=O)n2C)n1C[C@@H](O)CNCCO. The Bertz CT molecular complexity index is 822. The predicted molar refractivity (Wildman–Crippen MR) is 86.9 cm³/mol. The Morgan fingerprint density at radius 2 is 2.00 bits per heavy atom. The van der Waals surface area contributed by atoms with Gasteiger partial charge in [0.25, 0.3) is 5.56 Å². The number of nitrogens with one attached hydrogen (secondary N) is 1. The summed E-state index contributed by atoms with van der Waals surface area (Å²) in [5.74, 6) is 0.451. The maximum atomic E-state index is 12.5. The van der Waals surface area contributed by atoms with Gasteiger partial charge in [-0.3, -0.25) is 13.9 Å². The molecule has 0 spiro atoms. The zero-order valence-corrected chi connectivity index (χ0v) is 14.0. The van der Waals surface area contributed by atoms with Crippen molar-refractivity contribution in [3.63, 3.8) is 0 Å². The molecule has 0 aliphatic carbocycles. The summed E-state index contributed by atoms with van der Waals surface area (Å²) in [6, 6.07) is 0. The number of hydrogen-bond acceptors (Lipinski definition) is 7. The molecule has 10 heteroatoms. The Hall–Kier alpha value is -2.01. The summed E-state index contributed by atoms with van der Waals surface area (Å²) in [5, 5.41) is 21.8. The molecule has 0 bridgehead atoms. The van der Waals surface area contributed by atoms with Crippen molar-refractivity contribution in [3.05, 3.63) is 26.7 Å². The molecule has 0 fully saturated rings. The van der Waals surface area contributed by atoms with Crippen molar-refractivity contribution in [3.8, 4) is 0 Å². The molecular formula is C14H23N5O5. The molecule has 2 aromatic rings. The molecule has 3 N–H and O–H groups in total. The first-order valence-electron chi connectivity index (χ1n) is 7.56. The summed E-state index contributed by atoms with van der Waals surface area (Å²) in [5.41, 5.74) is -0.441. The van der Waals surface area contributed by atoms with E-state index >= 15 is 0 Å². The molecule has 10 nitrogen and oxygen atoms in total. The van der Waals surface area contributed by atoms with Crippen molar-refractivity contribution in [2.45, 2.75) is 19.3 Å². The van der Waals surface area contributed by atoms with Crippen LogP contribution >= 0.6 is 0 Å². The van der Waals surface area contributed by atoms with E-state index < -0.39 is 17.4 Å². The van der Waals surface area contributed by atoms with Crippen LogP contribution in [0.5, 0.6) is 0 Å². The second kappa shape index (κ2) is 7.71. The molecule has 1 atom stereocenters. The molecule has 0 aliphatic heterocycles. The highest BCUT2D eigenvalue weighted by atomic mass is 16.5. The quantitative estimate of drug-likeness (QED) is 0.454. The zero-order chi connectivity index (χ0) is 17.9.